The molecule has 1 heterocycles. The van der Waals surface area contributed by atoms with E-state index < -0.39 is 0 Å². The van der Waals surface area contributed by atoms with E-state index in [4.69, 9.17) is 0 Å². The van der Waals surface area contributed by atoms with Crippen molar-refractivity contribution >= 4 is 21.6 Å². The summed E-state index contributed by atoms with van der Waals surface area (Å²) in [6, 6.07) is 5.00. The molecule has 0 saturated carbocycles. The molecule has 0 saturated heterocycles. The lowest BCUT2D eigenvalue weighted by Gasteiger charge is -2.34. The molecule has 0 aliphatic heterocycles. The lowest BCUT2D eigenvalue weighted by atomic mass is 9.86. The molecule has 0 amide bonds. The molecule has 0 bridgehead atoms. The standard InChI is InChI=1S/C16H22N2OS/c1-3-9-18(4-2)12-6-7-13-11(10-12)5-8-14-15(13)17-16(19)20-14/h5,8,12H,3-4,6-7,9-10H2,1-2H3,(H,17,19). The predicted molar refractivity (Wildman–Crippen MR) is 85.8 cm³/mol. The fraction of sp³-hybridized carbons (Fsp3) is 0.562. The predicted octanol–water partition coefficient (Wildman–Crippen LogP) is 3.18. The first-order valence-corrected chi connectivity index (χ1v) is 8.42. The molecule has 0 spiro atoms. The van der Waals surface area contributed by atoms with Crippen molar-refractivity contribution in [2.45, 2.75) is 45.6 Å². The van der Waals surface area contributed by atoms with Gasteiger partial charge in [-0.15, -0.1) is 0 Å². The fourth-order valence-corrected chi connectivity index (χ4v) is 4.23. The third-order valence-electron chi connectivity index (χ3n) is 4.42. The molecule has 0 fully saturated rings. The van der Waals surface area contributed by atoms with Crippen LogP contribution in [0.2, 0.25) is 0 Å². The minimum Gasteiger partial charge on any atom is -0.312 e. The molecule has 3 rings (SSSR count). The number of aromatic amines is 1. The molecule has 2 aromatic rings. The topological polar surface area (TPSA) is 36.1 Å². The van der Waals surface area contributed by atoms with Crippen LogP contribution in [0.3, 0.4) is 0 Å². The fourth-order valence-electron chi connectivity index (χ4n) is 3.46. The van der Waals surface area contributed by atoms with Crippen molar-refractivity contribution in [2.24, 2.45) is 0 Å². The van der Waals surface area contributed by atoms with E-state index in [9.17, 15) is 4.79 Å². The Hall–Kier alpha value is -1.13. The van der Waals surface area contributed by atoms with Crippen molar-refractivity contribution in [2.75, 3.05) is 13.1 Å². The van der Waals surface area contributed by atoms with Crippen LogP contribution in [0.4, 0.5) is 0 Å². The lowest BCUT2D eigenvalue weighted by Crippen LogP contribution is -2.39. The summed E-state index contributed by atoms with van der Waals surface area (Å²) in [7, 11) is 0. The first-order valence-electron chi connectivity index (χ1n) is 7.60. The van der Waals surface area contributed by atoms with Gasteiger partial charge in [0.2, 0.25) is 0 Å². The van der Waals surface area contributed by atoms with Crippen LogP contribution >= 0.6 is 11.3 Å². The third kappa shape index (κ3) is 2.42. The summed E-state index contributed by atoms with van der Waals surface area (Å²) in [5.74, 6) is 0. The number of thiazole rings is 1. The first kappa shape index (κ1) is 13.8. The van der Waals surface area contributed by atoms with Crippen molar-refractivity contribution < 1.29 is 0 Å². The van der Waals surface area contributed by atoms with Gasteiger partial charge in [0.05, 0.1) is 10.2 Å². The summed E-state index contributed by atoms with van der Waals surface area (Å²) in [5.41, 5.74) is 3.90. The van der Waals surface area contributed by atoms with E-state index >= 15 is 0 Å². The summed E-state index contributed by atoms with van der Waals surface area (Å²) >= 11 is 1.32. The maximum atomic E-state index is 11.5. The molecule has 1 aliphatic rings. The van der Waals surface area contributed by atoms with E-state index in [1.807, 2.05) is 0 Å². The molecule has 1 unspecified atom stereocenters. The molecule has 4 heteroatoms. The Morgan fingerprint density at radius 1 is 1.40 bits per heavy atom. The maximum absolute atomic E-state index is 11.5. The quantitative estimate of drug-likeness (QED) is 0.939. The summed E-state index contributed by atoms with van der Waals surface area (Å²) in [6.07, 6.45) is 4.63. The van der Waals surface area contributed by atoms with Crippen molar-refractivity contribution in [3.8, 4) is 0 Å². The van der Waals surface area contributed by atoms with Crippen molar-refractivity contribution in [3.63, 3.8) is 0 Å². The summed E-state index contributed by atoms with van der Waals surface area (Å²) < 4.78 is 1.10. The molecule has 20 heavy (non-hydrogen) atoms. The van der Waals surface area contributed by atoms with Gasteiger partial charge < -0.3 is 9.88 Å². The number of likely N-dealkylation sites (N-methyl/N-ethyl adjacent to an activating group) is 1. The van der Waals surface area contributed by atoms with Crippen molar-refractivity contribution in [1.82, 2.24) is 9.88 Å². The van der Waals surface area contributed by atoms with Gasteiger partial charge in [-0.2, -0.15) is 0 Å². The van der Waals surface area contributed by atoms with E-state index in [2.05, 4.69) is 35.9 Å². The van der Waals surface area contributed by atoms with Crippen molar-refractivity contribution in [3.05, 3.63) is 32.9 Å². The molecular weight excluding hydrogens is 268 g/mol. The van der Waals surface area contributed by atoms with E-state index in [1.165, 1.54) is 41.9 Å². The Kier molecular flexibility index (Phi) is 3.94. The van der Waals surface area contributed by atoms with Crippen LogP contribution in [-0.4, -0.2) is 29.0 Å². The number of hydrogen-bond donors (Lipinski definition) is 1. The zero-order chi connectivity index (χ0) is 14.1. The van der Waals surface area contributed by atoms with E-state index in [-0.39, 0.29) is 4.87 Å². The smallest absolute Gasteiger partial charge is 0.305 e. The maximum Gasteiger partial charge on any atom is 0.305 e. The summed E-state index contributed by atoms with van der Waals surface area (Å²) in [4.78, 5) is 17.2. The number of nitrogens with zero attached hydrogens (tertiary/aromatic N) is 1. The van der Waals surface area contributed by atoms with Gasteiger partial charge >= 0.3 is 4.87 Å². The molecule has 1 N–H and O–H groups in total. The Labute approximate surface area is 123 Å². The van der Waals surface area contributed by atoms with Crippen LogP contribution in [0.5, 0.6) is 0 Å². The SMILES string of the molecule is CCCN(CC)C1CCc2c(ccc3sc(=O)[nH]c23)C1. The molecule has 1 aliphatic carbocycles. The van der Waals surface area contributed by atoms with Gasteiger partial charge in [0, 0.05) is 6.04 Å². The van der Waals surface area contributed by atoms with Gasteiger partial charge in [-0.25, -0.2) is 0 Å². The zero-order valence-corrected chi connectivity index (χ0v) is 13.1. The largest absolute Gasteiger partial charge is 0.312 e. The van der Waals surface area contributed by atoms with E-state index in [1.54, 1.807) is 0 Å². The highest BCUT2D eigenvalue weighted by molar-refractivity contribution is 7.16. The van der Waals surface area contributed by atoms with E-state index in [0.717, 1.165) is 29.6 Å². The normalized spacial score (nSPS) is 18.6. The van der Waals surface area contributed by atoms with Gasteiger partial charge in [0.25, 0.3) is 0 Å². The summed E-state index contributed by atoms with van der Waals surface area (Å²) in [5, 5.41) is 0. The highest BCUT2D eigenvalue weighted by Crippen LogP contribution is 2.30. The van der Waals surface area contributed by atoms with Crippen LogP contribution in [0.25, 0.3) is 10.2 Å². The molecule has 0 radical (unpaired) electrons. The van der Waals surface area contributed by atoms with Gasteiger partial charge in [-0.3, -0.25) is 4.79 Å². The number of rotatable bonds is 4. The number of nitrogens with one attached hydrogen (secondary N) is 1. The number of H-pyrrole nitrogens is 1. The monoisotopic (exact) mass is 290 g/mol. The molecule has 1 aromatic carbocycles. The van der Waals surface area contributed by atoms with Gasteiger partial charge in [-0.05, 0) is 56.0 Å². The average Bonchev–Trinajstić information content (AvgIpc) is 2.85. The Balaban J connectivity index is 1.92. The van der Waals surface area contributed by atoms with Crippen LogP contribution in [0, 0.1) is 0 Å². The van der Waals surface area contributed by atoms with Crippen LogP contribution in [0.15, 0.2) is 16.9 Å². The number of hydrogen-bond acceptors (Lipinski definition) is 3. The Bertz CT molecular complexity index is 658. The Morgan fingerprint density at radius 2 is 2.25 bits per heavy atom. The molecular formula is C16H22N2OS. The summed E-state index contributed by atoms with van der Waals surface area (Å²) in [6.45, 7) is 6.82. The average molecular weight is 290 g/mol. The zero-order valence-electron chi connectivity index (χ0n) is 12.2. The first-order chi connectivity index (χ1) is 9.72. The number of fused-ring (bicyclic) bond motifs is 3. The van der Waals surface area contributed by atoms with Crippen molar-refractivity contribution in [1.29, 1.82) is 0 Å². The second-order valence-corrected chi connectivity index (χ2v) is 6.63. The van der Waals surface area contributed by atoms with Crippen LogP contribution in [0.1, 0.15) is 37.8 Å². The number of benzene rings is 1. The highest BCUT2D eigenvalue weighted by atomic mass is 32.1. The van der Waals surface area contributed by atoms with Gasteiger partial charge in [0.15, 0.2) is 0 Å². The second-order valence-electron chi connectivity index (χ2n) is 5.62. The van der Waals surface area contributed by atoms with Crippen LogP contribution in [-0.2, 0) is 12.8 Å². The molecule has 3 nitrogen and oxygen atoms in total. The van der Waals surface area contributed by atoms with Crippen LogP contribution < -0.4 is 4.87 Å². The van der Waals surface area contributed by atoms with E-state index in [0.29, 0.717) is 6.04 Å². The second kappa shape index (κ2) is 5.70. The van der Waals surface area contributed by atoms with Gasteiger partial charge in [0.1, 0.15) is 0 Å². The minimum absolute atomic E-state index is 0.0664. The molecule has 1 aromatic heterocycles. The third-order valence-corrected chi connectivity index (χ3v) is 5.27. The van der Waals surface area contributed by atoms with Gasteiger partial charge in [-0.1, -0.05) is 31.3 Å². The number of aryl methyl sites for hydroxylation is 1. The molecule has 1 atom stereocenters. The Morgan fingerprint density at radius 3 is 3.00 bits per heavy atom. The number of aromatic nitrogens is 1. The highest BCUT2D eigenvalue weighted by Gasteiger charge is 2.24. The lowest BCUT2D eigenvalue weighted by molar-refractivity contribution is 0.189. The minimum atomic E-state index is 0.0664. The molecule has 108 valence electrons.